The average Bonchev–Trinajstić information content (AvgIpc) is 2.95. The number of furan rings is 1. The van der Waals surface area contributed by atoms with Gasteiger partial charge in [0, 0.05) is 13.6 Å². The van der Waals surface area contributed by atoms with Crippen molar-refractivity contribution >= 4 is 40.2 Å². The lowest BCUT2D eigenvalue weighted by Gasteiger charge is -2.06. The van der Waals surface area contributed by atoms with Crippen molar-refractivity contribution in [2.24, 2.45) is 7.05 Å². The molecule has 0 unspecified atom stereocenters. The summed E-state index contributed by atoms with van der Waals surface area (Å²) in [5.41, 5.74) is 1.14. The third kappa shape index (κ3) is 3.61. The molecule has 0 spiro atoms. The van der Waals surface area contributed by atoms with E-state index in [4.69, 9.17) is 27.6 Å². The highest BCUT2D eigenvalue weighted by atomic mass is 35.5. The quantitative estimate of drug-likeness (QED) is 0.672. The molecule has 8 heteroatoms. The molecule has 2 aromatic heterocycles. The Hall–Kier alpha value is -2.31. The SMILES string of the molecule is Cc1oc2ncn(C)c(=O)c2c1C(=O)NCCCc1ccc(Cl)c(Cl)c1. The number of amides is 1. The molecule has 0 aliphatic rings. The highest BCUT2D eigenvalue weighted by Gasteiger charge is 2.22. The number of nitrogens with zero attached hydrogens (tertiary/aromatic N) is 2. The number of fused-ring (bicyclic) bond motifs is 1. The summed E-state index contributed by atoms with van der Waals surface area (Å²) in [4.78, 5) is 28.9. The van der Waals surface area contributed by atoms with Crippen molar-refractivity contribution in [2.75, 3.05) is 6.54 Å². The highest BCUT2D eigenvalue weighted by Crippen LogP contribution is 2.23. The lowest BCUT2D eigenvalue weighted by molar-refractivity contribution is 0.0953. The first-order valence-corrected chi connectivity index (χ1v) is 8.81. The first kappa shape index (κ1) is 18.5. The van der Waals surface area contributed by atoms with E-state index in [9.17, 15) is 9.59 Å². The molecule has 0 saturated carbocycles. The van der Waals surface area contributed by atoms with E-state index in [2.05, 4.69) is 10.3 Å². The van der Waals surface area contributed by atoms with Crippen LogP contribution in [0, 0.1) is 6.92 Å². The van der Waals surface area contributed by atoms with Crippen LogP contribution in [0.4, 0.5) is 0 Å². The van der Waals surface area contributed by atoms with Crippen LogP contribution in [0.2, 0.25) is 10.0 Å². The van der Waals surface area contributed by atoms with Crippen molar-refractivity contribution in [3.63, 3.8) is 0 Å². The number of rotatable bonds is 5. The zero-order valence-corrected chi connectivity index (χ0v) is 15.8. The van der Waals surface area contributed by atoms with Crippen molar-refractivity contribution in [3.05, 3.63) is 61.8 Å². The Balaban J connectivity index is 1.68. The van der Waals surface area contributed by atoms with E-state index in [0.29, 0.717) is 22.4 Å². The fourth-order valence-corrected chi connectivity index (χ4v) is 3.06. The predicted molar refractivity (Wildman–Crippen MR) is 101 cm³/mol. The minimum atomic E-state index is -0.347. The van der Waals surface area contributed by atoms with Gasteiger partial charge in [0.25, 0.3) is 11.5 Å². The molecular weight excluding hydrogens is 377 g/mol. The average molecular weight is 394 g/mol. The molecule has 2 heterocycles. The molecule has 1 N–H and O–H groups in total. The fraction of sp³-hybridized carbons (Fsp3) is 0.278. The summed E-state index contributed by atoms with van der Waals surface area (Å²) < 4.78 is 6.76. The molecule has 136 valence electrons. The number of aromatic nitrogens is 2. The molecule has 26 heavy (non-hydrogen) atoms. The van der Waals surface area contributed by atoms with Gasteiger partial charge in [-0.25, -0.2) is 4.98 Å². The van der Waals surface area contributed by atoms with E-state index in [1.807, 2.05) is 12.1 Å². The van der Waals surface area contributed by atoms with Crippen molar-refractivity contribution in [1.29, 1.82) is 0 Å². The number of carbonyl (C=O) groups excluding carboxylic acids is 1. The van der Waals surface area contributed by atoms with Crippen molar-refractivity contribution in [3.8, 4) is 0 Å². The zero-order chi connectivity index (χ0) is 18.8. The minimum absolute atomic E-state index is 0.173. The second-order valence-electron chi connectivity index (χ2n) is 5.98. The largest absolute Gasteiger partial charge is 0.442 e. The fourth-order valence-electron chi connectivity index (χ4n) is 2.74. The Kier molecular flexibility index (Phi) is 5.34. The Labute approximate surface area is 159 Å². The summed E-state index contributed by atoms with van der Waals surface area (Å²) in [6.45, 7) is 2.09. The number of aryl methyl sites for hydroxylation is 3. The number of nitrogens with one attached hydrogen (secondary N) is 1. The Morgan fingerprint density at radius 1 is 1.31 bits per heavy atom. The van der Waals surface area contributed by atoms with Gasteiger partial charge >= 0.3 is 0 Å². The first-order valence-electron chi connectivity index (χ1n) is 8.05. The Morgan fingerprint density at radius 3 is 2.81 bits per heavy atom. The second-order valence-corrected chi connectivity index (χ2v) is 6.80. The molecule has 3 aromatic rings. The van der Waals surface area contributed by atoms with Crippen LogP contribution in [0.1, 0.15) is 28.1 Å². The zero-order valence-electron chi connectivity index (χ0n) is 14.3. The van der Waals surface area contributed by atoms with Gasteiger partial charge in [0.15, 0.2) is 0 Å². The van der Waals surface area contributed by atoms with Gasteiger partial charge in [-0.3, -0.25) is 9.59 Å². The van der Waals surface area contributed by atoms with Crippen LogP contribution in [-0.4, -0.2) is 22.0 Å². The van der Waals surface area contributed by atoms with Gasteiger partial charge in [-0.15, -0.1) is 0 Å². The van der Waals surface area contributed by atoms with Crippen molar-refractivity contribution < 1.29 is 9.21 Å². The molecule has 0 radical (unpaired) electrons. The molecule has 3 rings (SSSR count). The van der Waals surface area contributed by atoms with E-state index in [1.54, 1.807) is 20.0 Å². The van der Waals surface area contributed by atoms with Crippen LogP contribution in [0.3, 0.4) is 0 Å². The van der Waals surface area contributed by atoms with E-state index in [0.717, 1.165) is 18.4 Å². The van der Waals surface area contributed by atoms with E-state index in [1.165, 1.54) is 10.9 Å². The summed E-state index contributed by atoms with van der Waals surface area (Å²) in [7, 11) is 1.58. The maximum absolute atomic E-state index is 12.5. The van der Waals surface area contributed by atoms with E-state index < -0.39 is 0 Å². The van der Waals surface area contributed by atoms with Gasteiger partial charge in [0.1, 0.15) is 17.5 Å². The van der Waals surface area contributed by atoms with Crippen LogP contribution >= 0.6 is 23.2 Å². The summed E-state index contributed by atoms with van der Waals surface area (Å²) in [6, 6.07) is 5.47. The van der Waals surface area contributed by atoms with Gasteiger partial charge in [-0.05, 0) is 37.5 Å². The number of hydrogen-bond acceptors (Lipinski definition) is 4. The lowest BCUT2D eigenvalue weighted by atomic mass is 10.1. The lowest BCUT2D eigenvalue weighted by Crippen LogP contribution is -2.27. The summed E-state index contributed by atoms with van der Waals surface area (Å²) in [5.74, 6) is 0.0262. The molecule has 0 saturated heterocycles. The molecule has 0 aliphatic carbocycles. The molecule has 0 fully saturated rings. The first-order chi connectivity index (χ1) is 12.4. The third-order valence-electron chi connectivity index (χ3n) is 4.09. The molecule has 1 amide bonds. The molecular formula is C18H17Cl2N3O3. The molecule has 6 nitrogen and oxygen atoms in total. The van der Waals surface area contributed by atoms with Crippen LogP contribution in [-0.2, 0) is 13.5 Å². The maximum Gasteiger partial charge on any atom is 0.265 e. The number of hydrogen-bond donors (Lipinski definition) is 1. The summed E-state index contributed by atoms with van der Waals surface area (Å²) in [5, 5.41) is 4.06. The standard InChI is InChI=1S/C18H17Cl2N3O3/c1-10-14(15-17(26-10)22-9-23(2)18(15)25)16(24)21-7-3-4-11-5-6-12(19)13(20)8-11/h5-6,8-9H,3-4,7H2,1-2H3,(H,21,24). The summed E-state index contributed by atoms with van der Waals surface area (Å²) >= 11 is 11.9. The minimum Gasteiger partial charge on any atom is -0.442 e. The highest BCUT2D eigenvalue weighted by molar-refractivity contribution is 6.42. The van der Waals surface area contributed by atoms with Crippen LogP contribution in [0.15, 0.2) is 33.7 Å². The predicted octanol–water partition coefficient (Wildman–Crippen LogP) is 3.50. The molecule has 0 atom stereocenters. The van der Waals surface area contributed by atoms with Gasteiger partial charge in [0.2, 0.25) is 5.71 Å². The van der Waals surface area contributed by atoms with Crippen LogP contribution in [0.25, 0.3) is 11.1 Å². The molecule has 0 aliphatic heterocycles. The Bertz CT molecular complexity index is 1040. The Morgan fingerprint density at radius 2 is 2.08 bits per heavy atom. The number of halogens is 2. The summed E-state index contributed by atoms with van der Waals surface area (Å²) in [6.07, 6.45) is 2.83. The van der Waals surface area contributed by atoms with E-state index >= 15 is 0 Å². The second kappa shape index (κ2) is 7.51. The van der Waals surface area contributed by atoms with E-state index in [-0.39, 0.29) is 28.1 Å². The van der Waals surface area contributed by atoms with Gasteiger partial charge in [-0.2, -0.15) is 0 Å². The number of benzene rings is 1. The smallest absolute Gasteiger partial charge is 0.265 e. The van der Waals surface area contributed by atoms with Crippen LogP contribution < -0.4 is 10.9 Å². The van der Waals surface area contributed by atoms with Gasteiger partial charge < -0.3 is 14.3 Å². The monoisotopic (exact) mass is 393 g/mol. The molecule has 1 aromatic carbocycles. The third-order valence-corrected chi connectivity index (χ3v) is 4.83. The maximum atomic E-state index is 12.5. The van der Waals surface area contributed by atoms with Crippen LogP contribution in [0.5, 0.6) is 0 Å². The van der Waals surface area contributed by atoms with Gasteiger partial charge in [-0.1, -0.05) is 29.3 Å². The van der Waals surface area contributed by atoms with Crippen molar-refractivity contribution in [2.45, 2.75) is 19.8 Å². The number of carbonyl (C=O) groups is 1. The normalized spacial score (nSPS) is 11.1. The van der Waals surface area contributed by atoms with Crippen molar-refractivity contribution in [1.82, 2.24) is 14.9 Å². The topological polar surface area (TPSA) is 77.1 Å². The van der Waals surface area contributed by atoms with Gasteiger partial charge in [0.05, 0.1) is 15.6 Å². The molecule has 0 bridgehead atoms.